The summed E-state index contributed by atoms with van der Waals surface area (Å²) in [4.78, 5) is 0.148. The van der Waals surface area contributed by atoms with Gasteiger partial charge < -0.3 is 13.9 Å². The summed E-state index contributed by atoms with van der Waals surface area (Å²) in [5.41, 5.74) is 0. The molecule has 0 saturated heterocycles. The molecule has 1 aromatic heterocycles. The van der Waals surface area contributed by atoms with Gasteiger partial charge in [-0.3, -0.25) is 0 Å². The molecule has 136 valence electrons. The van der Waals surface area contributed by atoms with Gasteiger partial charge in [-0.15, -0.1) is 0 Å². The first-order chi connectivity index (χ1) is 11.9. The van der Waals surface area contributed by atoms with Crippen molar-refractivity contribution in [2.45, 2.75) is 30.7 Å². The topological polar surface area (TPSA) is 69.0 Å². The number of rotatable bonds is 7. The lowest BCUT2D eigenvalue weighted by molar-refractivity contribution is 0.353. The molecule has 1 aliphatic carbocycles. The van der Waals surface area contributed by atoms with Gasteiger partial charge in [0.1, 0.15) is 11.5 Å². The maximum Gasteiger partial charge on any atom is 0.243 e. The van der Waals surface area contributed by atoms with Crippen LogP contribution in [-0.4, -0.2) is 34.0 Å². The summed E-state index contributed by atoms with van der Waals surface area (Å²) >= 11 is 0. The van der Waals surface area contributed by atoms with Crippen LogP contribution < -0.4 is 9.47 Å². The molecule has 7 heteroatoms. The van der Waals surface area contributed by atoms with Crippen molar-refractivity contribution in [2.75, 3.05) is 21.3 Å². The van der Waals surface area contributed by atoms with Crippen LogP contribution >= 0.6 is 0 Å². The zero-order valence-corrected chi connectivity index (χ0v) is 15.7. The highest BCUT2D eigenvalue weighted by Crippen LogP contribution is 2.47. The fraction of sp³-hybridized carbons (Fsp3) is 0.444. The number of benzene rings is 1. The number of ether oxygens (including phenoxy) is 2. The summed E-state index contributed by atoms with van der Waals surface area (Å²) in [5, 5.41) is 0. The number of nitrogens with zero attached hydrogens (tertiary/aromatic N) is 1. The van der Waals surface area contributed by atoms with Crippen LogP contribution in [0, 0.1) is 5.92 Å². The lowest BCUT2D eigenvalue weighted by Gasteiger charge is -2.17. The average Bonchev–Trinajstić information content (AvgIpc) is 3.15. The van der Waals surface area contributed by atoms with E-state index < -0.39 is 10.0 Å². The molecule has 1 fully saturated rings. The van der Waals surface area contributed by atoms with Gasteiger partial charge in [0.15, 0.2) is 11.5 Å². The largest absolute Gasteiger partial charge is 0.493 e. The molecule has 1 saturated carbocycles. The second-order valence-corrected chi connectivity index (χ2v) is 8.45. The second kappa shape index (κ2) is 6.72. The van der Waals surface area contributed by atoms with Gasteiger partial charge in [-0.05, 0) is 36.6 Å². The van der Waals surface area contributed by atoms with Gasteiger partial charge in [0.2, 0.25) is 10.0 Å². The molecule has 0 unspecified atom stereocenters. The van der Waals surface area contributed by atoms with Crippen molar-refractivity contribution in [3.05, 3.63) is 41.9 Å². The van der Waals surface area contributed by atoms with Crippen molar-refractivity contribution in [1.82, 2.24) is 4.31 Å². The molecule has 0 aliphatic heterocycles. The van der Waals surface area contributed by atoms with Gasteiger partial charge in [0, 0.05) is 19.0 Å². The molecule has 1 aliphatic rings. The maximum absolute atomic E-state index is 12.8. The molecule has 2 atom stereocenters. The standard InChI is InChI=1S/C18H23NO5S/c1-12-9-15(12)16-7-5-13(24-16)11-19(2)25(20,21)14-6-8-17(22-3)18(10-14)23-4/h5-8,10,12,15H,9,11H2,1-4H3/t12-,15-/m0/s1. The van der Waals surface area contributed by atoms with Crippen LogP contribution in [0.25, 0.3) is 0 Å². The summed E-state index contributed by atoms with van der Waals surface area (Å²) in [6.07, 6.45) is 1.13. The van der Waals surface area contributed by atoms with Gasteiger partial charge in [-0.2, -0.15) is 4.31 Å². The number of methoxy groups -OCH3 is 2. The second-order valence-electron chi connectivity index (χ2n) is 6.40. The van der Waals surface area contributed by atoms with E-state index in [0.717, 1.165) is 12.2 Å². The lowest BCUT2D eigenvalue weighted by Crippen LogP contribution is -2.26. The van der Waals surface area contributed by atoms with E-state index >= 15 is 0 Å². The minimum absolute atomic E-state index is 0.148. The predicted molar refractivity (Wildman–Crippen MR) is 93.4 cm³/mol. The first-order valence-electron chi connectivity index (χ1n) is 8.13. The third-order valence-electron chi connectivity index (χ3n) is 4.60. The van der Waals surface area contributed by atoms with Crippen LogP contribution in [0.4, 0.5) is 0 Å². The fourth-order valence-electron chi connectivity index (χ4n) is 2.86. The molecule has 1 heterocycles. The SMILES string of the molecule is COc1ccc(S(=O)(=O)N(C)Cc2ccc([C@H]3C[C@@H]3C)o2)cc1OC. The Labute approximate surface area is 148 Å². The fourth-order valence-corrected chi connectivity index (χ4v) is 4.01. The quantitative estimate of drug-likeness (QED) is 0.753. The van der Waals surface area contributed by atoms with Crippen molar-refractivity contribution in [3.63, 3.8) is 0 Å². The molecular weight excluding hydrogens is 342 g/mol. The molecule has 2 aromatic rings. The Morgan fingerprint density at radius 1 is 1.16 bits per heavy atom. The Bertz CT molecular complexity index is 858. The van der Waals surface area contributed by atoms with Crippen molar-refractivity contribution < 1.29 is 22.3 Å². The van der Waals surface area contributed by atoms with Crippen molar-refractivity contribution >= 4 is 10.0 Å². The van der Waals surface area contributed by atoms with Crippen molar-refractivity contribution in [3.8, 4) is 11.5 Å². The number of hydrogen-bond donors (Lipinski definition) is 0. The highest BCUT2D eigenvalue weighted by molar-refractivity contribution is 7.89. The van der Waals surface area contributed by atoms with Crippen LogP contribution in [0.15, 0.2) is 39.6 Å². The predicted octanol–water partition coefficient (Wildman–Crippen LogP) is 3.24. The number of sulfonamides is 1. The Hall–Kier alpha value is -1.99. The Balaban J connectivity index is 1.78. The van der Waals surface area contributed by atoms with Crippen LogP contribution in [0.1, 0.15) is 30.8 Å². The molecule has 0 amide bonds. The number of hydrogen-bond acceptors (Lipinski definition) is 5. The number of furan rings is 1. The third kappa shape index (κ3) is 3.52. The molecular formula is C18H23NO5S. The van der Waals surface area contributed by atoms with Gasteiger partial charge in [-0.1, -0.05) is 6.92 Å². The van der Waals surface area contributed by atoms with E-state index in [4.69, 9.17) is 13.9 Å². The van der Waals surface area contributed by atoms with Gasteiger partial charge >= 0.3 is 0 Å². The Kier molecular flexibility index (Phi) is 4.79. The van der Waals surface area contributed by atoms with E-state index in [1.807, 2.05) is 12.1 Å². The monoisotopic (exact) mass is 365 g/mol. The molecule has 0 bridgehead atoms. The smallest absolute Gasteiger partial charge is 0.243 e. The zero-order valence-electron chi connectivity index (χ0n) is 14.9. The van der Waals surface area contributed by atoms with E-state index in [9.17, 15) is 8.42 Å². The minimum Gasteiger partial charge on any atom is -0.493 e. The van der Waals surface area contributed by atoms with Crippen LogP contribution in [-0.2, 0) is 16.6 Å². The summed E-state index contributed by atoms with van der Waals surface area (Å²) in [5.74, 6) is 3.56. The van der Waals surface area contributed by atoms with Crippen LogP contribution in [0.3, 0.4) is 0 Å². The normalized spacial score (nSPS) is 19.9. The van der Waals surface area contributed by atoms with Crippen molar-refractivity contribution in [1.29, 1.82) is 0 Å². The Morgan fingerprint density at radius 2 is 1.84 bits per heavy atom. The minimum atomic E-state index is -3.66. The molecule has 6 nitrogen and oxygen atoms in total. The first-order valence-corrected chi connectivity index (χ1v) is 9.57. The molecule has 25 heavy (non-hydrogen) atoms. The lowest BCUT2D eigenvalue weighted by atomic mass is 10.3. The van der Waals surface area contributed by atoms with Crippen LogP contribution in [0.5, 0.6) is 11.5 Å². The van der Waals surface area contributed by atoms with Crippen molar-refractivity contribution in [2.24, 2.45) is 5.92 Å². The molecule has 0 N–H and O–H groups in total. The summed E-state index contributed by atoms with van der Waals surface area (Å²) in [6.45, 7) is 2.36. The van der Waals surface area contributed by atoms with E-state index in [1.165, 1.54) is 37.7 Å². The molecule has 0 spiro atoms. The van der Waals surface area contributed by atoms with Gasteiger partial charge in [0.25, 0.3) is 0 Å². The first kappa shape index (κ1) is 17.8. The summed E-state index contributed by atoms with van der Waals surface area (Å²) < 4.78 is 43.0. The molecule has 1 aromatic carbocycles. The summed E-state index contributed by atoms with van der Waals surface area (Å²) in [6, 6.07) is 8.34. The van der Waals surface area contributed by atoms with E-state index in [2.05, 4.69) is 6.92 Å². The van der Waals surface area contributed by atoms with E-state index in [0.29, 0.717) is 29.1 Å². The molecule has 3 rings (SSSR count). The van der Waals surface area contributed by atoms with E-state index in [1.54, 1.807) is 6.07 Å². The van der Waals surface area contributed by atoms with Gasteiger partial charge in [0.05, 0.1) is 25.7 Å². The maximum atomic E-state index is 12.8. The zero-order chi connectivity index (χ0) is 18.2. The van der Waals surface area contributed by atoms with E-state index in [-0.39, 0.29) is 11.4 Å². The highest BCUT2D eigenvalue weighted by atomic mass is 32.2. The highest BCUT2D eigenvalue weighted by Gasteiger charge is 2.36. The summed E-state index contributed by atoms with van der Waals surface area (Å²) in [7, 11) is 0.853. The third-order valence-corrected chi connectivity index (χ3v) is 6.40. The van der Waals surface area contributed by atoms with Crippen LogP contribution in [0.2, 0.25) is 0 Å². The molecule has 0 radical (unpaired) electrons. The van der Waals surface area contributed by atoms with Gasteiger partial charge in [-0.25, -0.2) is 8.42 Å². The Morgan fingerprint density at radius 3 is 2.44 bits per heavy atom. The average molecular weight is 365 g/mol.